The molecule has 0 saturated carbocycles. The van der Waals surface area contributed by atoms with E-state index in [9.17, 15) is 9.59 Å². The maximum atomic E-state index is 12.3. The molecule has 1 heterocycles. The van der Waals surface area contributed by atoms with E-state index in [1.54, 1.807) is 6.07 Å². The molecule has 0 radical (unpaired) electrons. The molecule has 1 aromatic carbocycles. The number of furan rings is 1. The Morgan fingerprint density at radius 2 is 2.00 bits per heavy atom. The predicted octanol–water partition coefficient (Wildman–Crippen LogP) is 2.96. The molecule has 0 aliphatic heterocycles. The highest BCUT2D eigenvalue weighted by atomic mass is 79.9. The molecule has 1 atom stereocenters. The first-order valence-electron chi connectivity index (χ1n) is 6.94. The number of carbonyl (C=O) groups excluding carboxylic acids is 2. The normalized spacial score (nSPS) is 11.3. The van der Waals surface area contributed by atoms with Crippen LogP contribution in [0.5, 0.6) is 0 Å². The molecule has 0 saturated heterocycles. The number of ether oxygens (including phenoxy) is 1. The lowest BCUT2D eigenvalue weighted by Crippen LogP contribution is -2.30. The second kappa shape index (κ2) is 9.46. The van der Waals surface area contributed by atoms with E-state index in [4.69, 9.17) is 14.9 Å². The van der Waals surface area contributed by atoms with Crippen molar-refractivity contribution < 1.29 is 18.7 Å². The Morgan fingerprint density at radius 1 is 1.33 bits per heavy atom. The van der Waals surface area contributed by atoms with Crippen LogP contribution in [0.2, 0.25) is 0 Å². The molecule has 24 heavy (non-hydrogen) atoms. The highest BCUT2D eigenvalue weighted by molar-refractivity contribution is 9.10. The summed E-state index contributed by atoms with van der Waals surface area (Å²) in [6.45, 7) is 0.214. The fourth-order valence-electron chi connectivity index (χ4n) is 2.05. The molecule has 130 valence electrons. The number of nitrogens with one attached hydrogen (secondary N) is 1. The van der Waals surface area contributed by atoms with E-state index in [2.05, 4.69) is 21.2 Å². The van der Waals surface area contributed by atoms with Gasteiger partial charge in [0.2, 0.25) is 0 Å². The van der Waals surface area contributed by atoms with Crippen LogP contribution in [0.3, 0.4) is 0 Å². The lowest BCUT2D eigenvalue weighted by Gasteiger charge is -2.18. The molecule has 0 fully saturated rings. The van der Waals surface area contributed by atoms with Crippen LogP contribution in [0.25, 0.3) is 0 Å². The minimum Gasteiger partial charge on any atom is -0.469 e. The zero-order valence-corrected chi connectivity index (χ0v) is 15.4. The number of rotatable bonds is 6. The zero-order valence-electron chi connectivity index (χ0n) is 13.0. The molecule has 1 amide bonds. The first-order chi connectivity index (χ1) is 11.0. The van der Waals surface area contributed by atoms with Crippen LogP contribution in [-0.4, -0.2) is 19.0 Å². The number of esters is 1. The Balaban J connectivity index is 0.00000288. The summed E-state index contributed by atoms with van der Waals surface area (Å²) >= 11 is 3.35. The molecular weight excluding hydrogens is 400 g/mol. The van der Waals surface area contributed by atoms with E-state index in [1.165, 1.54) is 13.4 Å². The van der Waals surface area contributed by atoms with Crippen LogP contribution in [0.4, 0.5) is 0 Å². The van der Waals surface area contributed by atoms with Crippen molar-refractivity contribution in [3.8, 4) is 0 Å². The quantitative estimate of drug-likeness (QED) is 0.705. The monoisotopic (exact) mass is 416 g/mol. The number of hydrogen-bond donors (Lipinski definition) is 2. The molecule has 8 heteroatoms. The molecule has 0 spiro atoms. The Hall–Kier alpha value is -1.83. The molecule has 2 aromatic rings. The van der Waals surface area contributed by atoms with Crippen LogP contribution < -0.4 is 11.1 Å². The second-order valence-corrected chi connectivity index (χ2v) is 5.78. The molecular formula is C16H18BrClN2O4. The molecule has 6 nitrogen and oxygen atoms in total. The SMILES string of the molecule is COC(=O)CC(NC(=O)c1coc(CN)c1)c1ccc(Br)cc1.Cl. The second-order valence-electron chi connectivity index (χ2n) is 4.86. The molecule has 0 aliphatic carbocycles. The van der Waals surface area contributed by atoms with E-state index >= 15 is 0 Å². The first kappa shape index (κ1) is 20.2. The lowest BCUT2D eigenvalue weighted by atomic mass is 10.0. The van der Waals surface area contributed by atoms with E-state index in [0.717, 1.165) is 10.0 Å². The maximum absolute atomic E-state index is 12.3. The Kier molecular flexibility index (Phi) is 7.97. The Bertz CT molecular complexity index is 688. The van der Waals surface area contributed by atoms with E-state index < -0.39 is 12.0 Å². The van der Waals surface area contributed by atoms with Gasteiger partial charge in [-0.15, -0.1) is 12.4 Å². The first-order valence-corrected chi connectivity index (χ1v) is 7.73. The fraction of sp³-hybridized carbons (Fsp3) is 0.250. The van der Waals surface area contributed by atoms with Gasteiger partial charge in [0.25, 0.3) is 5.91 Å². The molecule has 1 aromatic heterocycles. The van der Waals surface area contributed by atoms with Crippen molar-refractivity contribution in [3.05, 3.63) is 58.0 Å². The van der Waals surface area contributed by atoms with Crippen molar-refractivity contribution in [1.29, 1.82) is 0 Å². The van der Waals surface area contributed by atoms with Gasteiger partial charge in [-0.2, -0.15) is 0 Å². The van der Waals surface area contributed by atoms with E-state index in [1.807, 2.05) is 24.3 Å². The van der Waals surface area contributed by atoms with Gasteiger partial charge in [-0.1, -0.05) is 28.1 Å². The average Bonchev–Trinajstić information content (AvgIpc) is 3.04. The summed E-state index contributed by atoms with van der Waals surface area (Å²) in [5, 5.41) is 2.82. The highest BCUT2D eigenvalue weighted by Gasteiger charge is 2.20. The summed E-state index contributed by atoms with van der Waals surface area (Å²) in [5.74, 6) is -0.235. The van der Waals surface area contributed by atoms with Crippen LogP contribution in [-0.2, 0) is 16.1 Å². The average molecular weight is 418 g/mol. The number of carbonyl (C=O) groups is 2. The van der Waals surface area contributed by atoms with Crippen LogP contribution in [0.1, 0.15) is 34.1 Å². The lowest BCUT2D eigenvalue weighted by molar-refractivity contribution is -0.141. The van der Waals surface area contributed by atoms with Crippen molar-refractivity contribution >= 4 is 40.2 Å². The smallest absolute Gasteiger partial charge is 0.307 e. The molecule has 3 N–H and O–H groups in total. The van der Waals surface area contributed by atoms with Crippen molar-refractivity contribution in [2.45, 2.75) is 19.0 Å². The van der Waals surface area contributed by atoms with Gasteiger partial charge in [0.05, 0.1) is 31.7 Å². The van der Waals surface area contributed by atoms with Gasteiger partial charge < -0.3 is 20.2 Å². The van der Waals surface area contributed by atoms with Crippen molar-refractivity contribution in [3.63, 3.8) is 0 Å². The zero-order chi connectivity index (χ0) is 16.8. The summed E-state index contributed by atoms with van der Waals surface area (Å²) in [6.07, 6.45) is 1.37. The number of nitrogens with two attached hydrogens (primary N) is 1. The van der Waals surface area contributed by atoms with Gasteiger partial charge in [0, 0.05) is 4.47 Å². The van der Waals surface area contributed by atoms with Crippen LogP contribution in [0, 0.1) is 0 Å². The summed E-state index contributed by atoms with van der Waals surface area (Å²) in [6, 6.07) is 8.43. The number of hydrogen-bond acceptors (Lipinski definition) is 5. The Labute approximate surface area is 154 Å². The van der Waals surface area contributed by atoms with E-state index in [0.29, 0.717) is 11.3 Å². The third-order valence-electron chi connectivity index (χ3n) is 3.29. The third-order valence-corrected chi connectivity index (χ3v) is 3.82. The molecule has 2 rings (SSSR count). The molecule has 0 bridgehead atoms. The molecule has 0 aliphatic rings. The Morgan fingerprint density at radius 3 is 2.54 bits per heavy atom. The molecule has 1 unspecified atom stereocenters. The summed E-state index contributed by atoms with van der Waals surface area (Å²) in [4.78, 5) is 23.9. The number of halogens is 2. The number of benzene rings is 1. The van der Waals surface area contributed by atoms with Gasteiger partial charge >= 0.3 is 5.97 Å². The highest BCUT2D eigenvalue weighted by Crippen LogP contribution is 2.21. The van der Waals surface area contributed by atoms with Crippen molar-refractivity contribution in [1.82, 2.24) is 5.32 Å². The fourth-order valence-corrected chi connectivity index (χ4v) is 2.31. The van der Waals surface area contributed by atoms with Crippen LogP contribution in [0.15, 0.2) is 45.5 Å². The van der Waals surface area contributed by atoms with Gasteiger partial charge in [-0.05, 0) is 23.8 Å². The van der Waals surface area contributed by atoms with Crippen molar-refractivity contribution in [2.24, 2.45) is 5.73 Å². The van der Waals surface area contributed by atoms with Crippen LogP contribution >= 0.6 is 28.3 Å². The summed E-state index contributed by atoms with van der Waals surface area (Å²) in [5.41, 5.74) is 6.62. The minimum absolute atomic E-state index is 0. The number of amides is 1. The number of methoxy groups -OCH3 is 1. The summed E-state index contributed by atoms with van der Waals surface area (Å²) in [7, 11) is 1.31. The van der Waals surface area contributed by atoms with Gasteiger partial charge in [0.1, 0.15) is 12.0 Å². The topological polar surface area (TPSA) is 94.6 Å². The van der Waals surface area contributed by atoms with Crippen molar-refractivity contribution in [2.75, 3.05) is 7.11 Å². The van der Waals surface area contributed by atoms with Gasteiger partial charge in [-0.25, -0.2) is 0 Å². The predicted molar refractivity (Wildman–Crippen MR) is 94.8 cm³/mol. The summed E-state index contributed by atoms with van der Waals surface area (Å²) < 4.78 is 10.8. The standard InChI is InChI=1S/C16H17BrN2O4.ClH/c1-22-15(20)7-14(10-2-4-12(17)5-3-10)19-16(21)11-6-13(8-18)23-9-11;/h2-6,9,14H,7-8,18H2,1H3,(H,19,21);1H. The van der Waals surface area contributed by atoms with E-state index in [-0.39, 0.29) is 31.3 Å². The third kappa shape index (κ3) is 5.36. The van der Waals surface area contributed by atoms with Gasteiger partial charge in [0.15, 0.2) is 0 Å². The largest absolute Gasteiger partial charge is 0.469 e. The van der Waals surface area contributed by atoms with Gasteiger partial charge in [-0.3, -0.25) is 9.59 Å². The minimum atomic E-state index is -0.501. The maximum Gasteiger partial charge on any atom is 0.307 e.